The van der Waals surface area contributed by atoms with E-state index in [4.69, 9.17) is 0 Å². The Hall–Kier alpha value is -2.95. The normalized spacial score (nSPS) is 13.8. The van der Waals surface area contributed by atoms with E-state index < -0.39 is 0 Å². The van der Waals surface area contributed by atoms with E-state index in [0.29, 0.717) is 11.1 Å². The second-order valence-corrected chi connectivity index (χ2v) is 6.14. The summed E-state index contributed by atoms with van der Waals surface area (Å²) in [4.78, 5) is 26.8. The summed E-state index contributed by atoms with van der Waals surface area (Å²) in [5, 5.41) is 0. The zero-order valence-corrected chi connectivity index (χ0v) is 14.4. The first kappa shape index (κ1) is 15.6. The van der Waals surface area contributed by atoms with Gasteiger partial charge in [-0.25, -0.2) is 9.13 Å². The Morgan fingerprint density at radius 1 is 0.880 bits per heavy atom. The molecule has 0 unspecified atom stereocenters. The number of aromatic nitrogens is 2. The van der Waals surface area contributed by atoms with Gasteiger partial charge in [-0.2, -0.15) is 0 Å². The third kappa shape index (κ3) is 2.19. The average Bonchev–Trinajstić information content (AvgIpc) is 3.08. The van der Waals surface area contributed by atoms with Gasteiger partial charge in [0.1, 0.15) is 6.54 Å². The van der Waals surface area contributed by atoms with Gasteiger partial charge in [0.2, 0.25) is 0 Å². The fourth-order valence-corrected chi connectivity index (χ4v) is 3.75. The van der Waals surface area contributed by atoms with Crippen LogP contribution in [0.5, 0.6) is 0 Å². The fraction of sp³-hybridized carbons (Fsp3) is 0.250. The van der Waals surface area contributed by atoms with E-state index in [-0.39, 0.29) is 18.4 Å². The van der Waals surface area contributed by atoms with Crippen molar-refractivity contribution in [3.05, 3.63) is 65.5 Å². The highest BCUT2D eigenvalue weighted by atomic mass is 16.2. The van der Waals surface area contributed by atoms with Gasteiger partial charge < -0.3 is 0 Å². The molecule has 0 spiro atoms. The van der Waals surface area contributed by atoms with Crippen molar-refractivity contribution in [2.45, 2.75) is 33.5 Å². The highest BCUT2D eigenvalue weighted by Gasteiger charge is 2.38. The smallest absolute Gasteiger partial charge is 0.269 e. The summed E-state index contributed by atoms with van der Waals surface area (Å²) >= 11 is 0. The maximum atomic E-state index is 12.7. The number of benzene rings is 2. The van der Waals surface area contributed by atoms with Gasteiger partial charge in [0.05, 0.1) is 24.2 Å². The van der Waals surface area contributed by atoms with Crippen LogP contribution in [-0.4, -0.2) is 21.3 Å². The van der Waals surface area contributed by atoms with Gasteiger partial charge >= 0.3 is 0 Å². The topological polar surface area (TPSA) is 46.2 Å². The van der Waals surface area contributed by atoms with Gasteiger partial charge in [-0.3, -0.25) is 14.5 Å². The Morgan fingerprint density at radius 2 is 1.48 bits per heavy atom. The zero-order valence-electron chi connectivity index (χ0n) is 14.4. The van der Waals surface area contributed by atoms with Crippen LogP contribution in [0.15, 0.2) is 48.5 Å². The van der Waals surface area contributed by atoms with Crippen LogP contribution in [0.3, 0.4) is 0 Å². The van der Waals surface area contributed by atoms with Crippen molar-refractivity contribution in [2.75, 3.05) is 0 Å². The van der Waals surface area contributed by atoms with E-state index in [9.17, 15) is 9.59 Å². The first-order valence-electron chi connectivity index (χ1n) is 8.62. The molecule has 5 heteroatoms. The highest BCUT2D eigenvalue weighted by molar-refractivity contribution is 6.21. The SMILES string of the molecule is CCn1c(CN2C(=O)c3ccccc3C2=O)[n+](CC)c2ccccc21. The number of rotatable bonds is 4. The maximum Gasteiger partial charge on any atom is 0.277 e. The molecule has 1 aromatic heterocycles. The van der Waals surface area contributed by atoms with Gasteiger partial charge in [-0.05, 0) is 38.1 Å². The summed E-state index contributed by atoms with van der Waals surface area (Å²) in [6.07, 6.45) is 0. The van der Waals surface area contributed by atoms with Crippen LogP contribution >= 0.6 is 0 Å². The molecule has 0 atom stereocenters. The molecule has 5 nitrogen and oxygen atoms in total. The van der Waals surface area contributed by atoms with Crippen molar-refractivity contribution in [3.8, 4) is 0 Å². The summed E-state index contributed by atoms with van der Waals surface area (Å²) in [5.41, 5.74) is 3.24. The first-order valence-corrected chi connectivity index (χ1v) is 8.62. The number of hydrogen-bond acceptors (Lipinski definition) is 2. The second kappa shape index (κ2) is 5.84. The molecule has 0 saturated heterocycles. The van der Waals surface area contributed by atoms with Crippen LogP contribution in [0.2, 0.25) is 0 Å². The Morgan fingerprint density at radius 3 is 2.08 bits per heavy atom. The van der Waals surface area contributed by atoms with Crippen molar-refractivity contribution in [2.24, 2.45) is 0 Å². The fourth-order valence-electron chi connectivity index (χ4n) is 3.75. The van der Waals surface area contributed by atoms with E-state index in [1.807, 2.05) is 12.1 Å². The van der Waals surface area contributed by atoms with Crippen molar-refractivity contribution >= 4 is 22.8 Å². The maximum absolute atomic E-state index is 12.7. The molecule has 2 aromatic carbocycles. The molecule has 2 amide bonds. The quantitative estimate of drug-likeness (QED) is 0.544. The molecule has 4 rings (SSSR count). The lowest BCUT2D eigenvalue weighted by Gasteiger charge is -2.12. The molecule has 0 aliphatic carbocycles. The van der Waals surface area contributed by atoms with E-state index in [1.165, 1.54) is 4.90 Å². The molecule has 2 heterocycles. The minimum Gasteiger partial charge on any atom is -0.269 e. The van der Waals surface area contributed by atoms with Gasteiger partial charge in [0.15, 0.2) is 11.0 Å². The molecule has 1 aliphatic rings. The van der Waals surface area contributed by atoms with Crippen LogP contribution in [0.4, 0.5) is 0 Å². The third-order valence-electron chi connectivity index (χ3n) is 4.90. The molecular formula is C20H20N3O2+. The summed E-state index contributed by atoms with van der Waals surface area (Å²) in [7, 11) is 0. The number of imidazole rings is 1. The number of carbonyl (C=O) groups excluding carboxylic acids is 2. The average molecular weight is 334 g/mol. The Kier molecular flexibility index (Phi) is 3.64. The Balaban J connectivity index is 1.82. The molecule has 0 bridgehead atoms. The van der Waals surface area contributed by atoms with Crippen LogP contribution < -0.4 is 4.57 Å². The number of carbonyl (C=O) groups is 2. The van der Waals surface area contributed by atoms with Gasteiger partial charge in [-0.15, -0.1) is 0 Å². The number of para-hydroxylation sites is 2. The summed E-state index contributed by atoms with van der Waals surface area (Å²) in [6.45, 7) is 6.01. The molecular weight excluding hydrogens is 314 g/mol. The van der Waals surface area contributed by atoms with E-state index in [0.717, 1.165) is 29.9 Å². The predicted molar refractivity (Wildman–Crippen MR) is 94.1 cm³/mol. The lowest BCUT2D eigenvalue weighted by Crippen LogP contribution is -2.41. The van der Waals surface area contributed by atoms with Crippen molar-refractivity contribution in [1.82, 2.24) is 9.47 Å². The third-order valence-corrected chi connectivity index (χ3v) is 4.90. The largest absolute Gasteiger partial charge is 0.277 e. The number of hydrogen-bond donors (Lipinski definition) is 0. The summed E-state index contributed by atoms with van der Waals surface area (Å²) in [6, 6.07) is 15.2. The molecule has 25 heavy (non-hydrogen) atoms. The lowest BCUT2D eigenvalue weighted by molar-refractivity contribution is -0.677. The number of imide groups is 1. The molecule has 0 radical (unpaired) electrons. The zero-order chi connectivity index (χ0) is 17.6. The van der Waals surface area contributed by atoms with Crippen molar-refractivity contribution in [3.63, 3.8) is 0 Å². The molecule has 3 aromatic rings. The monoisotopic (exact) mass is 334 g/mol. The number of fused-ring (bicyclic) bond motifs is 2. The molecule has 0 N–H and O–H groups in total. The molecule has 126 valence electrons. The summed E-state index contributed by atoms with van der Waals surface area (Å²) in [5.74, 6) is 0.549. The molecule has 0 fully saturated rings. The minimum absolute atomic E-state index is 0.212. The predicted octanol–water partition coefficient (Wildman–Crippen LogP) is 2.76. The molecule has 0 saturated carbocycles. The molecule has 1 aliphatic heterocycles. The van der Waals surface area contributed by atoms with Crippen LogP contribution in [0.1, 0.15) is 40.4 Å². The standard InChI is InChI=1S/C20H20N3O2/c1-3-21-16-11-7-8-12-17(16)22(4-2)18(21)13-23-19(24)14-9-5-6-10-15(14)20(23)25/h5-12H,3-4,13H2,1-2H3/q+1. The highest BCUT2D eigenvalue weighted by Crippen LogP contribution is 2.25. The van der Waals surface area contributed by atoms with Gasteiger partial charge in [0, 0.05) is 0 Å². The van der Waals surface area contributed by atoms with Gasteiger partial charge in [0.25, 0.3) is 17.6 Å². The number of nitrogens with zero attached hydrogens (tertiary/aromatic N) is 3. The lowest BCUT2D eigenvalue weighted by atomic mass is 10.1. The number of aryl methyl sites for hydroxylation is 2. The van der Waals surface area contributed by atoms with Crippen LogP contribution in [-0.2, 0) is 19.6 Å². The van der Waals surface area contributed by atoms with Crippen molar-refractivity contribution < 1.29 is 14.2 Å². The summed E-state index contributed by atoms with van der Waals surface area (Å²) < 4.78 is 4.37. The van der Waals surface area contributed by atoms with Crippen LogP contribution in [0.25, 0.3) is 11.0 Å². The van der Waals surface area contributed by atoms with E-state index in [2.05, 4.69) is 35.1 Å². The van der Waals surface area contributed by atoms with E-state index in [1.54, 1.807) is 24.3 Å². The Bertz CT molecular complexity index is 927. The van der Waals surface area contributed by atoms with Crippen LogP contribution in [0, 0.1) is 0 Å². The van der Waals surface area contributed by atoms with Gasteiger partial charge in [-0.1, -0.05) is 24.3 Å². The first-order chi connectivity index (χ1) is 12.2. The van der Waals surface area contributed by atoms with E-state index >= 15 is 0 Å². The second-order valence-electron chi connectivity index (χ2n) is 6.14. The van der Waals surface area contributed by atoms with Crippen molar-refractivity contribution in [1.29, 1.82) is 0 Å². The minimum atomic E-state index is -0.212. The number of amides is 2. The Labute approximate surface area is 146 Å².